The van der Waals surface area contributed by atoms with Gasteiger partial charge >= 0.3 is 5.97 Å². The zero-order valence-corrected chi connectivity index (χ0v) is 18.5. The standard InChI is InChI=1S/C25H32FNO3/c1-5-6-14-29-24-20-12-13-27(15-17(2)3)16-21(20)23(26)18(4)22(24)25(28)30-19-10-8-7-9-11-19/h7-11,17H,5-6,12-16H2,1-4H3. The van der Waals surface area contributed by atoms with Crippen molar-refractivity contribution in [3.8, 4) is 11.5 Å². The van der Waals surface area contributed by atoms with Gasteiger partial charge in [-0.25, -0.2) is 9.18 Å². The summed E-state index contributed by atoms with van der Waals surface area (Å²) in [4.78, 5) is 15.3. The Morgan fingerprint density at radius 2 is 1.93 bits per heavy atom. The van der Waals surface area contributed by atoms with Gasteiger partial charge in [-0.05, 0) is 37.8 Å². The van der Waals surface area contributed by atoms with E-state index in [0.29, 0.717) is 48.1 Å². The smallest absolute Gasteiger partial charge is 0.347 e. The van der Waals surface area contributed by atoms with Crippen molar-refractivity contribution in [3.63, 3.8) is 0 Å². The van der Waals surface area contributed by atoms with Crippen molar-refractivity contribution in [2.45, 2.75) is 53.5 Å². The number of esters is 1. The van der Waals surface area contributed by atoms with Crippen LogP contribution < -0.4 is 9.47 Å². The molecule has 162 valence electrons. The van der Waals surface area contributed by atoms with Crippen LogP contribution >= 0.6 is 0 Å². The lowest BCUT2D eigenvalue weighted by Crippen LogP contribution is -2.35. The van der Waals surface area contributed by atoms with Crippen LogP contribution in [-0.4, -0.2) is 30.6 Å². The molecule has 0 aromatic heterocycles. The molecule has 3 rings (SSSR count). The molecule has 2 aromatic rings. The molecule has 0 spiro atoms. The molecule has 30 heavy (non-hydrogen) atoms. The van der Waals surface area contributed by atoms with E-state index in [1.165, 1.54) is 0 Å². The lowest BCUT2D eigenvalue weighted by Gasteiger charge is -2.32. The van der Waals surface area contributed by atoms with Crippen LogP contribution in [0.15, 0.2) is 30.3 Å². The SMILES string of the molecule is CCCCOc1c2c(c(F)c(C)c1C(=O)Oc1ccccc1)CN(CC(C)C)CC2. The van der Waals surface area contributed by atoms with Crippen molar-refractivity contribution in [2.75, 3.05) is 19.7 Å². The van der Waals surface area contributed by atoms with Crippen LogP contribution in [0.4, 0.5) is 4.39 Å². The first kappa shape index (κ1) is 22.3. The fourth-order valence-electron chi connectivity index (χ4n) is 3.97. The molecule has 0 saturated carbocycles. The lowest BCUT2D eigenvalue weighted by molar-refractivity contribution is 0.0728. The van der Waals surface area contributed by atoms with Gasteiger partial charge in [-0.3, -0.25) is 4.90 Å². The highest BCUT2D eigenvalue weighted by molar-refractivity contribution is 5.96. The summed E-state index contributed by atoms with van der Waals surface area (Å²) < 4.78 is 27.1. The van der Waals surface area contributed by atoms with Crippen molar-refractivity contribution in [1.82, 2.24) is 4.90 Å². The lowest BCUT2D eigenvalue weighted by atomic mass is 9.91. The maximum atomic E-state index is 15.4. The molecule has 4 nitrogen and oxygen atoms in total. The van der Waals surface area contributed by atoms with E-state index >= 15 is 4.39 Å². The molecule has 5 heteroatoms. The van der Waals surface area contributed by atoms with Gasteiger partial charge in [0.15, 0.2) is 0 Å². The number of carbonyl (C=O) groups is 1. The molecule has 0 N–H and O–H groups in total. The van der Waals surface area contributed by atoms with E-state index < -0.39 is 5.97 Å². The third kappa shape index (κ3) is 5.01. The number of hydrogen-bond acceptors (Lipinski definition) is 4. The van der Waals surface area contributed by atoms with Crippen LogP contribution in [0.5, 0.6) is 11.5 Å². The number of unbranched alkanes of at least 4 members (excludes halogenated alkanes) is 1. The number of halogens is 1. The highest BCUT2D eigenvalue weighted by Crippen LogP contribution is 2.37. The normalized spacial score (nSPS) is 13.9. The van der Waals surface area contributed by atoms with Crippen LogP contribution in [0.25, 0.3) is 0 Å². The van der Waals surface area contributed by atoms with Crippen molar-refractivity contribution < 1.29 is 18.7 Å². The third-order valence-electron chi connectivity index (χ3n) is 5.42. The van der Waals surface area contributed by atoms with E-state index in [4.69, 9.17) is 9.47 Å². The molecule has 0 unspecified atom stereocenters. The molecule has 0 radical (unpaired) electrons. The number of para-hydroxylation sites is 1. The quantitative estimate of drug-likeness (QED) is 0.323. The number of benzene rings is 2. The first-order valence-electron chi connectivity index (χ1n) is 10.9. The van der Waals surface area contributed by atoms with Gasteiger partial charge < -0.3 is 9.47 Å². The van der Waals surface area contributed by atoms with Crippen molar-refractivity contribution in [3.05, 3.63) is 58.4 Å². The average Bonchev–Trinajstić information content (AvgIpc) is 2.72. The second kappa shape index (κ2) is 10.1. The fourth-order valence-corrected chi connectivity index (χ4v) is 3.97. The van der Waals surface area contributed by atoms with Crippen LogP contribution in [0.2, 0.25) is 0 Å². The number of rotatable bonds is 8. The summed E-state index contributed by atoms with van der Waals surface area (Å²) >= 11 is 0. The van der Waals surface area contributed by atoms with E-state index in [1.54, 1.807) is 31.2 Å². The molecule has 0 bridgehead atoms. The summed E-state index contributed by atoms with van der Waals surface area (Å²) in [5, 5.41) is 0. The summed E-state index contributed by atoms with van der Waals surface area (Å²) in [5.41, 5.74) is 1.98. The Morgan fingerprint density at radius 1 is 1.20 bits per heavy atom. The summed E-state index contributed by atoms with van der Waals surface area (Å²) in [5.74, 6) is 0.555. The average molecular weight is 414 g/mol. The predicted molar refractivity (Wildman–Crippen MR) is 117 cm³/mol. The minimum Gasteiger partial charge on any atom is -0.492 e. The number of hydrogen-bond donors (Lipinski definition) is 0. The number of fused-ring (bicyclic) bond motifs is 1. The zero-order valence-electron chi connectivity index (χ0n) is 18.5. The molecule has 0 saturated heterocycles. The zero-order chi connectivity index (χ0) is 21.7. The van der Waals surface area contributed by atoms with Gasteiger partial charge in [0.25, 0.3) is 0 Å². The van der Waals surface area contributed by atoms with Gasteiger partial charge in [0, 0.05) is 36.3 Å². The fraction of sp³-hybridized carbons (Fsp3) is 0.480. The first-order chi connectivity index (χ1) is 14.4. The van der Waals surface area contributed by atoms with Gasteiger partial charge in [0.1, 0.15) is 22.9 Å². The van der Waals surface area contributed by atoms with Gasteiger partial charge in [0.2, 0.25) is 0 Å². The Kier molecular flexibility index (Phi) is 7.48. The van der Waals surface area contributed by atoms with Crippen molar-refractivity contribution >= 4 is 5.97 Å². The second-order valence-corrected chi connectivity index (χ2v) is 8.38. The van der Waals surface area contributed by atoms with E-state index in [0.717, 1.165) is 31.5 Å². The molecule has 1 heterocycles. The maximum absolute atomic E-state index is 15.4. The predicted octanol–water partition coefficient (Wildman–Crippen LogP) is 5.55. The molecule has 1 aliphatic rings. The summed E-state index contributed by atoms with van der Waals surface area (Å²) in [6, 6.07) is 8.87. The van der Waals surface area contributed by atoms with Gasteiger partial charge in [-0.1, -0.05) is 45.4 Å². The monoisotopic (exact) mass is 413 g/mol. The maximum Gasteiger partial charge on any atom is 0.347 e. The number of ether oxygens (including phenoxy) is 2. The number of carbonyl (C=O) groups excluding carboxylic acids is 1. The van der Waals surface area contributed by atoms with E-state index in [-0.39, 0.29) is 11.4 Å². The molecule has 0 aliphatic carbocycles. The summed E-state index contributed by atoms with van der Waals surface area (Å²) in [7, 11) is 0. The molecular formula is C25H32FNO3. The second-order valence-electron chi connectivity index (χ2n) is 8.38. The molecule has 0 atom stereocenters. The molecule has 2 aromatic carbocycles. The Balaban J connectivity index is 2.01. The molecule has 0 amide bonds. The van der Waals surface area contributed by atoms with Crippen molar-refractivity contribution in [1.29, 1.82) is 0 Å². The Bertz CT molecular complexity index is 880. The topological polar surface area (TPSA) is 38.8 Å². The highest BCUT2D eigenvalue weighted by atomic mass is 19.1. The summed E-state index contributed by atoms with van der Waals surface area (Å²) in [6.07, 6.45) is 2.51. The van der Waals surface area contributed by atoms with Gasteiger partial charge in [0.05, 0.1) is 6.61 Å². The van der Waals surface area contributed by atoms with Gasteiger partial charge in [-0.2, -0.15) is 0 Å². The Labute approximate surface area is 179 Å². The molecular weight excluding hydrogens is 381 g/mol. The van der Waals surface area contributed by atoms with Gasteiger partial charge in [-0.15, -0.1) is 0 Å². The highest BCUT2D eigenvalue weighted by Gasteiger charge is 2.31. The molecule has 1 aliphatic heterocycles. The minimum atomic E-state index is -0.573. The Morgan fingerprint density at radius 3 is 2.60 bits per heavy atom. The van der Waals surface area contributed by atoms with E-state index in [9.17, 15) is 4.79 Å². The Hall–Kier alpha value is -2.40. The van der Waals surface area contributed by atoms with E-state index in [2.05, 4.69) is 25.7 Å². The third-order valence-corrected chi connectivity index (χ3v) is 5.42. The van der Waals surface area contributed by atoms with Crippen LogP contribution in [0.1, 0.15) is 60.7 Å². The van der Waals surface area contributed by atoms with Crippen LogP contribution in [0.3, 0.4) is 0 Å². The van der Waals surface area contributed by atoms with Crippen LogP contribution in [0, 0.1) is 18.7 Å². The molecule has 0 fully saturated rings. The minimum absolute atomic E-state index is 0.212. The number of nitrogens with zero attached hydrogens (tertiary/aromatic N) is 1. The van der Waals surface area contributed by atoms with Crippen LogP contribution in [-0.2, 0) is 13.0 Å². The van der Waals surface area contributed by atoms with E-state index in [1.807, 2.05) is 6.07 Å². The largest absolute Gasteiger partial charge is 0.492 e. The first-order valence-corrected chi connectivity index (χ1v) is 10.9. The van der Waals surface area contributed by atoms with Crippen molar-refractivity contribution in [2.24, 2.45) is 5.92 Å². The summed E-state index contributed by atoms with van der Waals surface area (Å²) in [6.45, 7) is 10.8.